The molecule has 0 saturated carbocycles. The molecule has 0 aromatic heterocycles. The summed E-state index contributed by atoms with van der Waals surface area (Å²) in [6.45, 7) is 1.65. The van der Waals surface area contributed by atoms with E-state index in [2.05, 4.69) is 15.8 Å². The molecule has 0 aliphatic rings. The average molecular weight is 364 g/mol. The second kappa shape index (κ2) is 8.47. The van der Waals surface area contributed by atoms with Crippen LogP contribution >= 0.6 is 23.2 Å². The van der Waals surface area contributed by atoms with E-state index < -0.39 is 5.91 Å². The molecule has 2 aromatic carbocycles. The highest BCUT2D eigenvalue weighted by atomic mass is 35.5. The Bertz CT molecular complexity index is 777. The molecule has 7 heteroatoms. The predicted octanol–water partition coefficient (Wildman–Crippen LogP) is 4.13. The van der Waals surface area contributed by atoms with E-state index in [0.29, 0.717) is 16.4 Å². The molecule has 124 valence electrons. The van der Waals surface area contributed by atoms with E-state index in [1.807, 2.05) is 18.2 Å². The van der Waals surface area contributed by atoms with E-state index >= 15 is 0 Å². The Kier molecular flexibility index (Phi) is 6.35. The fourth-order valence-corrected chi connectivity index (χ4v) is 2.37. The first-order valence-electron chi connectivity index (χ1n) is 7.09. The molecule has 0 unspecified atom stereocenters. The lowest BCUT2D eigenvalue weighted by Gasteiger charge is -2.06. The van der Waals surface area contributed by atoms with Crippen molar-refractivity contribution in [2.24, 2.45) is 5.10 Å². The van der Waals surface area contributed by atoms with Crippen LogP contribution in [0.4, 0.5) is 5.69 Å². The maximum absolute atomic E-state index is 12.0. The number of carbonyl (C=O) groups is 2. The molecule has 0 heterocycles. The van der Waals surface area contributed by atoms with Crippen LogP contribution < -0.4 is 10.7 Å². The van der Waals surface area contributed by atoms with Gasteiger partial charge in [-0.2, -0.15) is 5.10 Å². The van der Waals surface area contributed by atoms with E-state index in [1.165, 1.54) is 12.1 Å². The van der Waals surface area contributed by atoms with Crippen LogP contribution in [0.25, 0.3) is 0 Å². The molecule has 24 heavy (non-hydrogen) atoms. The summed E-state index contributed by atoms with van der Waals surface area (Å²) in [6.07, 6.45) is 0.0591. The number of hydrogen-bond acceptors (Lipinski definition) is 3. The van der Waals surface area contributed by atoms with Crippen molar-refractivity contribution in [3.8, 4) is 0 Å². The Morgan fingerprint density at radius 1 is 1.08 bits per heavy atom. The van der Waals surface area contributed by atoms with Gasteiger partial charge < -0.3 is 5.32 Å². The van der Waals surface area contributed by atoms with Crippen LogP contribution in [-0.2, 0) is 4.79 Å². The van der Waals surface area contributed by atoms with Crippen molar-refractivity contribution < 1.29 is 9.59 Å². The molecule has 0 spiro atoms. The minimum Gasteiger partial charge on any atom is -0.326 e. The third kappa shape index (κ3) is 5.37. The van der Waals surface area contributed by atoms with Crippen LogP contribution in [-0.4, -0.2) is 17.5 Å². The zero-order valence-electron chi connectivity index (χ0n) is 12.8. The second-order valence-electron chi connectivity index (χ2n) is 5.00. The molecule has 2 N–H and O–H groups in total. The van der Waals surface area contributed by atoms with Gasteiger partial charge in [0.25, 0.3) is 5.91 Å². The van der Waals surface area contributed by atoms with Gasteiger partial charge in [0, 0.05) is 16.4 Å². The van der Waals surface area contributed by atoms with Gasteiger partial charge >= 0.3 is 0 Å². The Morgan fingerprint density at radius 3 is 2.46 bits per heavy atom. The summed E-state index contributed by atoms with van der Waals surface area (Å²) in [7, 11) is 0. The number of nitrogens with one attached hydrogen (secondary N) is 2. The summed E-state index contributed by atoms with van der Waals surface area (Å²) >= 11 is 11.7. The molecular formula is C17H15Cl2N3O2. The smallest absolute Gasteiger partial charge is 0.272 e. The van der Waals surface area contributed by atoms with Gasteiger partial charge in [-0.3, -0.25) is 9.59 Å². The molecule has 0 saturated heterocycles. The zero-order chi connectivity index (χ0) is 17.5. The standard InChI is InChI=1S/C17H15Cl2N3O2/c1-11(9-16(23)20-13-5-3-2-4-6-13)21-22-17(24)14-8-7-12(18)10-15(14)19/h2-8,10H,9H2,1H3,(H,20,23)(H,22,24)/b21-11-. The lowest BCUT2D eigenvalue weighted by atomic mass is 10.2. The Morgan fingerprint density at radius 2 is 1.79 bits per heavy atom. The first-order valence-corrected chi connectivity index (χ1v) is 7.85. The van der Waals surface area contributed by atoms with Crippen molar-refractivity contribution in [2.75, 3.05) is 5.32 Å². The van der Waals surface area contributed by atoms with Crippen molar-refractivity contribution in [1.82, 2.24) is 5.43 Å². The molecule has 2 aromatic rings. The van der Waals surface area contributed by atoms with Crippen molar-refractivity contribution in [2.45, 2.75) is 13.3 Å². The summed E-state index contributed by atoms with van der Waals surface area (Å²) in [5.74, 6) is -0.694. The fourth-order valence-electron chi connectivity index (χ4n) is 1.88. The maximum Gasteiger partial charge on any atom is 0.272 e. The van der Waals surface area contributed by atoms with E-state index in [0.717, 1.165) is 0 Å². The summed E-state index contributed by atoms with van der Waals surface area (Å²) in [4.78, 5) is 23.9. The van der Waals surface area contributed by atoms with Crippen LogP contribution in [0, 0.1) is 0 Å². The molecule has 0 atom stereocenters. The fraction of sp³-hybridized carbons (Fsp3) is 0.118. The summed E-state index contributed by atoms with van der Waals surface area (Å²) in [5, 5.41) is 7.32. The molecule has 5 nitrogen and oxygen atoms in total. The molecular weight excluding hydrogens is 349 g/mol. The third-order valence-electron chi connectivity index (χ3n) is 3.00. The third-order valence-corrected chi connectivity index (χ3v) is 3.55. The van der Waals surface area contributed by atoms with E-state index in [1.54, 1.807) is 25.1 Å². The van der Waals surface area contributed by atoms with Gasteiger partial charge in [-0.15, -0.1) is 0 Å². The molecule has 2 amide bonds. The van der Waals surface area contributed by atoms with Gasteiger partial charge in [0.15, 0.2) is 0 Å². The summed E-state index contributed by atoms with van der Waals surface area (Å²) in [5.41, 5.74) is 3.79. The average Bonchev–Trinajstić information content (AvgIpc) is 2.53. The highest BCUT2D eigenvalue weighted by Gasteiger charge is 2.10. The number of halogens is 2. The molecule has 0 radical (unpaired) electrons. The van der Waals surface area contributed by atoms with Gasteiger partial charge in [0.1, 0.15) is 0 Å². The minimum atomic E-state index is -0.473. The van der Waals surface area contributed by atoms with Crippen molar-refractivity contribution in [3.05, 3.63) is 64.1 Å². The van der Waals surface area contributed by atoms with Gasteiger partial charge in [-0.25, -0.2) is 5.43 Å². The van der Waals surface area contributed by atoms with E-state index in [9.17, 15) is 9.59 Å². The normalized spacial score (nSPS) is 11.0. The Labute approximate surface area is 149 Å². The first-order chi connectivity index (χ1) is 11.5. The zero-order valence-corrected chi connectivity index (χ0v) is 14.4. The summed E-state index contributed by atoms with van der Waals surface area (Å²) < 4.78 is 0. The number of anilines is 1. The van der Waals surface area contributed by atoms with Crippen LogP contribution in [0.15, 0.2) is 53.6 Å². The van der Waals surface area contributed by atoms with Gasteiger partial charge in [-0.1, -0.05) is 41.4 Å². The number of hydrazone groups is 1. The number of hydrogen-bond donors (Lipinski definition) is 2. The predicted molar refractivity (Wildman–Crippen MR) is 96.7 cm³/mol. The number of benzene rings is 2. The summed E-state index contributed by atoms with van der Waals surface area (Å²) in [6, 6.07) is 13.6. The highest BCUT2D eigenvalue weighted by molar-refractivity contribution is 6.36. The SMILES string of the molecule is C/C(CC(=O)Nc1ccccc1)=N/NC(=O)c1ccc(Cl)cc1Cl. The number of carbonyl (C=O) groups excluding carboxylic acids is 2. The van der Waals surface area contributed by atoms with E-state index in [4.69, 9.17) is 23.2 Å². The van der Waals surface area contributed by atoms with Crippen LogP contribution in [0.1, 0.15) is 23.7 Å². The van der Waals surface area contributed by atoms with Crippen molar-refractivity contribution in [3.63, 3.8) is 0 Å². The molecule has 0 fully saturated rings. The van der Waals surface area contributed by atoms with Crippen molar-refractivity contribution >= 4 is 46.4 Å². The Balaban J connectivity index is 1.91. The first kappa shape index (κ1) is 18.0. The number of para-hydroxylation sites is 1. The lowest BCUT2D eigenvalue weighted by Crippen LogP contribution is -2.21. The topological polar surface area (TPSA) is 70.6 Å². The Hall–Kier alpha value is -2.37. The minimum absolute atomic E-state index is 0.0591. The molecule has 0 bridgehead atoms. The molecule has 0 aliphatic carbocycles. The highest BCUT2D eigenvalue weighted by Crippen LogP contribution is 2.20. The van der Waals surface area contributed by atoms with Gasteiger partial charge in [0.2, 0.25) is 5.91 Å². The maximum atomic E-state index is 12.0. The van der Waals surface area contributed by atoms with Crippen LogP contribution in [0.5, 0.6) is 0 Å². The quantitative estimate of drug-likeness (QED) is 0.619. The molecule has 2 rings (SSSR count). The lowest BCUT2D eigenvalue weighted by molar-refractivity contribution is -0.115. The van der Waals surface area contributed by atoms with Gasteiger partial charge in [0.05, 0.1) is 17.0 Å². The number of nitrogens with zero attached hydrogens (tertiary/aromatic N) is 1. The monoisotopic (exact) mass is 363 g/mol. The van der Waals surface area contributed by atoms with Crippen LogP contribution in [0.2, 0.25) is 10.0 Å². The largest absolute Gasteiger partial charge is 0.326 e. The second-order valence-corrected chi connectivity index (χ2v) is 5.85. The molecule has 0 aliphatic heterocycles. The van der Waals surface area contributed by atoms with Crippen LogP contribution in [0.3, 0.4) is 0 Å². The number of amides is 2. The van der Waals surface area contributed by atoms with E-state index in [-0.39, 0.29) is 22.9 Å². The number of rotatable bonds is 5. The van der Waals surface area contributed by atoms with Crippen molar-refractivity contribution in [1.29, 1.82) is 0 Å². The van der Waals surface area contributed by atoms with Gasteiger partial charge in [-0.05, 0) is 37.3 Å².